The van der Waals surface area contributed by atoms with Crippen molar-refractivity contribution in [1.29, 1.82) is 0 Å². The first-order valence-corrected chi connectivity index (χ1v) is 8.04. The summed E-state index contributed by atoms with van der Waals surface area (Å²) in [4.78, 5) is 38.0. The van der Waals surface area contributed by atoms with Gasteiger partial charge >= 0.3 is 6.03 Å². The molecule has 136 valence electrons. The first-order valence-electron chi connectivity index (χ1n) is 8.04. The molecule has 1 aromatic carbocycles. The second-order valence-corrected chi connectivity index (χ2v) is 6.26. The summed E-state index contributed by atoms with van der Waals surface area (Å²) in [5.74, 6) is -0.959. The summed E-state index contributed by atoms with van der Waals surface area (Å²) in [7, 11) is 0. The highest BCUT2D eigenvalue weighted by atomic mass is 19.1. The Labute approximate surface area is 149 Å². The van der Waals surface area contributed by atoms with Gasteiger partial charge in [-0.15, -0.1) is 0 Å². The van der Waals surface area contributed by atoms with Crippen molar-refractivity contribution in [3.63, 3.8) is 0 Å². The summed E-state index contributed by atoms with van der Waals surface area (Å²) in [5.41, 5.74) is -0.915. The number of furan rings is 1. The fraction of sp³-hybridized carbons (Fsp3) is 0.278. The van der Waals surface area contributed by atoms with Gasteiger partial charge in [-0.2, -0.15) is 0 Å². The first kappa shape index (κ1) is 17.7. The maximum absolute atomic E-state index is 13.1. The molecule has 0 spiro atoms. The van der Waals surface area contributed by atoms with Crippen LogP contribution in [-0.4, -0.2) is 29.3 Å². The molecule has 26 heavy (non-hydrogen) atoms. The first-order chi connectivity index (χ1) is 12.3. The number of nitrogens with one attached hydrogen (secondary N) is 2. The highest BCUT2D eigenvalue weighted by Gasteiger charge is 2.49. The number of benzene rings is 1. The van der Waals surface area contributed by atoms with Gasteiger partial charge < -0.3 is 15.1 Å². The van der Waals surface area contributed by atoms with Crippen molar-refractivity contribution in [2.24, 2.45) is 0 Å². The number of nitrogens with zero attached hydrogens (tertiary/aromatic N) is 1. The molecule has 7 nitrogen and oxygen atoms in total. The van der Waals surface area contributed by atoms with Crippen LogP contribution in [0, 0.1) is 5.82 Å². The highest BCUT2D eigenvalue weighted by Crippen LogP contribution is 2.28. The smallest absolute Gasteiger partial charge is 0.325 e. The molecule has 2 N–H and O–H groups in total. The van der Waals surface area contributed by atoms with E-state index in [9.17, 15) is 18.8 Å². The lowest BCUT2D eigenvalue weighted by Gasteiger charge is -2.22. The second-order valence-electron chi connectivity index (χ2n) is 6.26. The minimum Gasteiger partial charge on any atom is -0.467 e. The summed E-state index contributed by atoms with van der Waals surface area (Å²) in [6.45, 7) is 2.82. The zero-order valence-electron chi connectivity index (χ0n) is 14.3. The van der Waals surface area contributed by atoms with E-state index in [1.54, 1.807) is 19.1 Å². The molecule has 2 heterocycles. The Morgan fingerprint density at radius 3 is 2.62 bits per heavy atom. The number of rotatable bonds is 5. The Morgan fingerprint density at radius 2 is 2.00 bits per heavy atom. The van der Waals surface area contributed by atoms with Gasteiger partial charge in [-0.05, 0) is 43.7 Å². The van der Waals surface area contributed by atoms with Crippen molar-refractivity contribution in [2.75, 3.05) is 6.54 Å². The maximum atomic E-state index is 13.1. The zero-order chi connectivity index (χ0) is 18.9. The highest BCUT2D eigenvalue weighted by molar-refractivity contribution is 6.09. The molecule has 1 aromatic heterocycles. The Kier molecular flexibility index (Phi) is 4.50. The normalized spacial score (nSPS) is 20.8. The van der Waals surface area contributed by atoms with E-state index in [4.69, 9.17) is 4.42 Å². The number of carbonyl (C=O) groups is 3. The minimum atomic E-state index is -1.35. The largest absolute Gasteiger partial charge is 0.467 e. The molecule has 0 radical (unpaired) electrons. The van der Waals surface area contributed by atoms with Gasteiger partial charge in [0.2, 0.25) is 5.91 Å². The van der Waals surface area contributed by atoms with Gasteiger partial charge in [0.25, 0.3) is 5.91 Å². The summed E-state index contributed by atoms with van der Waals surface area (Å²) < 4.78 is 18.3. The summed E-state index contributed by atoms with van der Waals surface area (Å²) >= 11 is 0. The van der Waals surface area contributed by atoms with Crippen molar-refractivity contribution in [3.05, 3.63) is 59.8 Å². The van der Waals surface area contributed by atoms with E-state index >= 15 is 0 Å². The van der Waals surface area contributed by atoms with Crippen LogP contribution in [0.2, 0.25) is 0 Å². The lowest BCUT2D eigenvalue weighted by atomic mass is 9.92. The van der Waals surface area contributed by atoms with E-state index in [1.165, 1.54) is 37.5 Å². The maximum Gasteiger partial charge on any atom is 0.325 e. The number of imide groups is 1. The Hall–Kier alpha value is -3.16. The molecule has 1 aliphatic heterocycles. The lowest BCUT2D eigenvalue weighted by molar-refractivity contribution is -0.135. The molecule has 4 amide bonds. The van der Waals surface area contributed by atoms with Crippen molar-refractivity contribution < 1.29 is 23.2 Å². The SMILES string of the molecule is C[C@H](NC(=O)CN1C(=O)N[C@@](C)(c2ccc(F)cc2)C1=O)c1ccco1. The third-order valence-electron chi connectivity index (χ3n) is 4.35. The standard InChI is InChI=1S/C18H18FN3O4/c1-11(14-4-3-9-26-14)20-15(23)10-22-16(24)18(2,21-17(22)25)12-5-7-13(19)8-6-12/h3-9,11H,10H2,1-2H3,(H,20,23)(H,21,25)/t11-,18-/m0/s1. The van der Waals surface area contributed by atoms with Crippen LogP contribution in [0.25, 0.3) is 0 Å². The number of hydrogen-bond donors (Lipinski definition) is 2. The van der Waals surface area contributed by atoms with E-state index in [0.717, 1.165) is 4.90 Å². The topological polar surface area (TPSA) is 91.7 Å². The second kappa shape index (κ2) is 6.62. The fourth-order valence-corrected chi connectivity index (χ4v) is 2.86. The molecule has 1 fully saturated rings. The molecular weight excluding hydrogens is 341 g/mol. The van der Waals surface area contributed by atoms with Crippen LogP contribution < -0.4 is 10.6 Å². The van der Waals surface area contributed by atoms with Crippen molar-refractivity contribution in [1.82, 2.24) is 15.5 Å². The molecule has 0 aliphatic carbocycles. The monoisotopic (exact) mass is 359 g/mol. The number of halogens is 1. The van der Waals surface area contributed by atoms with Crippen LogP contribution >= 0.6 is 0 Å². The van der Waals surface area contributed by atoms with E-state index in [2.05, 4.69) is 10.6 Å². The van der Waals surface area contributed by atoms with Crippen LogP contribution in [-0.2, 0) is 15.1 Å². The van der Waals surface area contributed by atoms with Gasteiger partial charge in [-0.25, -0.2) is 9.18 Å². The molecule has 1 saturated heterocycles. The van der Waals surface area contributed by atoms with E-state index in [1.807, 2.05) is 0 Å². The Bertz CT molecular complexity index is 835. The lowest BCUT2D eigenvalue weighted by Crippen LogP contribution is -2.43. The molecule has 2 atom stereocenters. The van der Waals surface area contributed by atoms with Crippen LogP contribution in [0.4, 0.5) is 9.18 Å². The molecule has 1 aliphatic rings. The quantitative estimate of drug-likeness (QED) is 0.800. The molecule has 8 heteroatoms. The number of urea groups is 1. The van der Waals surface area contributed by atoms with E-state index in [0.29, 0.717) is 11.3 Å². The van der Waals surface area contributed by atoms with Gasteiger partial charge in [-0.1, -0.05) is 12.1 Å². The number of hydrogen-bond acceptors (Lipinski definition) is 4. The average Bonchev–Trinajstić information content (AvgIpc) is 3.20. The summed E-state index contributed by atoms with van der Waals surface area (Å²) in [6.07, 6.45) is 1.49. The van der Waals surface area contributed by atoms with Crippen molar-refractivity contribution in [2.45, 2.75) is 25.4 Å². The zero-order valence-corrected chi connectivity index (χ0v) is 14.3. The van der Waals surface area contributed by atoms with Crippen LogP contribution in [0.1, 0.15) is 31.2 Å². The van der Waals surface area contributed by atoms with Crippen LogP contribution in [0.5, 0.6) is 0 Å². The Balaban J connectivity index is 1.71. The average molecular weight is 359 g/mol. The van der Waals surface area contributed by atoms with Gasteiger partial charge in [0.05, 0.1) is 12.3 Å². The van der Waals surface area contributed by atoms with Gasteiger partial charge in [0, 0.05) is 0 Å². The molecule has 0 saturated carbocycles. The van der Waals surface area contributed by atoms with Gasteiger partial charge in [0.15, 0.2) is 0 Å². The van der Waals surface area contributed by atoms with Crippen LogP contribution in [0.15, 0.2) is 47.1 Å². The van der Waals surface area contributed by atoms with Gasteiger partial charge in [0.1, 0.15) is 23.7 Å². The summed E-state index contributed by atoms with van der Waals surface area (Å²) in [5, 5.41) is 5.24. The molecule has 0 unspecified atom stereocenters. The molecule has 0 bridgehead atoms. The van der Waals surface area contributed by atoms with E-state index in [-0.39, 0.29) is 0 Å². The molecule has 3 rings (SSSR count). The molecule has 2 aromatic rings. The van der Waals surface area contributed by atoms with Crippen molar-refractivity contribution in [3.8, 4) is 0 Å². The number of carbonyl (C=O) groups excluding carboxylic acids is 3. The minimum absolute atomic E-state index is 0.401. The number of amides is 4. The third kappa shape index (κ3) is 3.17. The fourth-order valence-electron chi connectivity index (χ4n) is 2.86. The third-order valence-corrected chi connectivity index (χ3v) is 4.35. The molecular formula is C18H18FN3O4. The Morgan fingerprint density at radius 1 is 1.31 bits per heavy atom. The van der Waals surface area contributed by atoms with E-state index < -0.39 is 41.8 Å². The van der Waals surface area contributed by atoms with Crippen LogP contribution in [0.3, 0.4) is 0 Å². The van der Waals surface area contributed by atoms with Crippen molar-refractivity contribution >= 4 is 17.8 Å². The summed E-state index contributed by atoms with van der Waals surface area (Å²) in [6, 6.07) is 7.60. The van der Waals surface area contributed by atoms with Gasteiger partial charge in [-0.3, -0.25) is 14.5 Å². The predicted octanol–water partition coefficient (Wildman–Crippen LogP) is 2.06. The predicted molar refractivity (Wildman–Crippen MR) is 89.3 cm³/mol.